The maximum atomic E-state index is 13.6. The summed E-state index contributed by atoms with van der Waals surface area (Å²) in [5.74, 6) is 0.742. The minimum atomic E-state index is -0.623. The maximum absolute atomic E-state index is 13.6. The molecule has 6 heteroatoms. The van der Waals surface area contributed by atoms with Crippen molar-refractivity contribution in [1.29, 1.82) is 0 Å². The number of carbonyl (C=O) groups excluding carboxylic acids is 1. The Balaban J connectivity index is 1.75. The maximum Gasteiger partial charge on any atom is 0.295 e. The summed E-state index contributed by atoms with van der Waals surface area (Å²) in [6, 6.07) is 19.4. The molecule has 2 heterocycles. The molecule has 5 nitrogen and oxygen atoms in total. The Bertz CT molecular complexity index is 1420. The Labute approximate surface area is 196 Å². The van der Waals surface area contributed by atoms with E-state index < -0.39 is 6.04 Å². The van der Waals surface area contributed by atoms with Crippen molar-refractivity contribution < 1.29 is 13.9 Å². The summed E-state index contributed by atoms with van der Waals surface area (Å²) >= 11 is 6.15. The molecule has 4 aromatic rings. The molecule has 1 atom stereocenters. The summed E-state index contributed by atoms with van der Waals surface area (Å²) in [4.78, 5) is 28.9. The molecule has 1 aromatic heterocycles. The van der Waals surface area contributed by atoms with Crippen LogP contribution in [0.25, 0.3) is 11.0 Å². The van der Waals surface area contributed by atoms with Crippen molar-refractivity contribution in [1.82, 2.24) is 0 Å². The molecule has 0 aliphatic carbocycles. The zero-order valence-electron chi connectivity index (χ0n) is 18.5. The molecule has 1 unspecified atom stereocenters. The van der Waals surface area contributed by atoms with Crippen LogP contribution in [0.5, 0.6) is 5.75 Å². The summed E-state index contributed by atoms with van der Waals surface area (Å²) < 4.78 is 11.3. The monoisotopic (exact) mass is 459 g/mol. The SMILES string of the molecule is COc1ccc(N2C(=O)c3oc4ccc(Cl)cc4c(=O)c3C2c2ccc(C(C)C)cc2)cc1. The average Bonchev–Trinajstić information content (AvgIpc) is 3.12. The van der Waals surface area contributed by atoms with Crippen LogP contribution in [-0.4, -0.2) is 13.0 Å². The normalized spacial score (nSPS) is 15.4. The van der Waals surface area contributed by atoms with E-state index in [9.17, 15) is 9.59 Å². The lowest BCUT2D eigenvalue weighted by molar-refractivity contribution is 0.0971. The van der Waals surface area contributed by atoms with E-state index >= 15 is 0 Å². The first-order valence-electron chi connectivity index (χ1n) is 10.7. The number of nitrogens with zero attached hydrogens (tertiary/aromatic N) is 1. The highest BCUT2D eigenvalue weighted by molar-refractivity contribution is 6.31. The highest BCUT2D eigenvalue weighted by Gasteiger charge is 2.43. The third kappa shape index (κ3) is 3.49. The predicted molar refractivity (Wildman–Crippen MR) is 130 cm³/mol. The van der Waals surface area contributed by atoms with Crippen molar-refractivity contribution in [3.63, 3.8) is 0 Å². The number of amides is 1. The number of fused-ring (bicyclic) bond motifs is 2. The summed E-state index contributed by atoms with van der Waals surface area (Å²) in [5, 5.41) is 0.790. The lowest BCUT2D eigenvalue weighted by Gasteiger charge is -2.25. The molecule has 1 amide bonds. The Morgan fingerprint density at radius 2 is 1.67 bits per heavy atom. The van der Waals surface area contributed by atoms with Crippen LogP contribution in [0, 0.1) is 0 Å². The lowest BCUT2D eigenvalue weighted by Crippen LogP contribution is -2.29. The summed E-state index contributed by atoms with van der Waals surface area (Å²) in [5.41, 5.74) is 3.06. The molecular weight excluding hydrogens is 438 g/mol. The van der Waals surface area contributed by atoms with Gasteiger partial charge in [0.25, 0.3) is 5.91 Å². The van der Waals surface area contributed by atoms with Gasteiger partial charge >= 0.3 is 0 Å². The molecular formula is C27H22ClNO4. The van der Waals surface area contributed by atoms with Crippen molar-refractivity contribution in [2.45, 2.75) is 25.8 Å². The molecule has 0 bridgehead atoms. The van der Waals surface area contributed by atoms with Crippen molar-refractivity contribution >= 4 is 34.2 Å². The zero-order valence-corrected chi connectivity index (χ0v) is 19.2. The van der Waals surface area contributed by atoms with E-state index in [1.807, 2.05) is 24.3 Å². The van der Waals surface area contributed by atoms with Gasteiger partial charge in [-0.25, -0.2) is 0 Å². The van der Waals surface area contributed by atoms with E-state index in [4.69, 9.17) is 20.8 Å². The molecule has 1 aliphatic rings. The van der Waals surface area contributed by atoms with Gasteiger partial charge in [-0.3, -0.25) is 14.5 Å². The largest absolute Gasteiger partial charge is 0.497 e. The highest BCUT2D eigenvalue weighted by atomic mass is 35.5. The van der Waals surface area contributed by atoms with Crippen LogP contribution < -0.4 is 15.1 Å². The molecule has 0 saturated heterocycles. The molecule has 0 N–H and O–H groups in total. The van der Waals surface area contributed by atoms with E-state index in [1.165, 1.54) is 5.56 Å². The fraction of sp³-hybridized carbons (Fsp3) is 0.185. The second-order valence-electron chi connectivity index (χ2n) is 8.41. The van der Waals surface area contributed by atoms with Crippen LogP contribution in [0.1, 0.15) is 53.1 Å². The quantitative estimate of drug-likeness (QED) is 0.358. The van der Waals surface area contributed by atoms with Gasteiger partial charge in [-0.1, -0.05) is 49.7 Å². The minimum absolute atomic E-state index is 0.0589. The Kier molecular flexibility index (Phi) is 5.22. The van der Waals surface area contributed by atoms with Gasteiger partial charge < -0.3 is 9.15 Å². The molecule has 0 radical (unpaired) electrons. The minimum Gasteiger partial charge on any atom is -0.497 e. The van der Waals surface area contributed by atoms with Crippen molar-refractivity contribution in [2.24, 2.45) is 0 Å². The number of hydrogen-bond donors (Lipinski definition) is 0. The van der Waals surface area contributed by atoms with Gasteiger partial charge in [-0.05, 0) is 59.5 Å². The lowest BCUT2D eigenvalue weighted by atomic mass is 9.95. The van der Waals surface area contributed by atoms with Gasteiger partial charge in [0, 0.05) is 10.7 Å². The second-order valence-corrected chi connectivity index (χ2v) is 8.85. The topological polar surface area (TPSA) is 59.8 Å². The zero-order chi connectivity index (χ0) is 23.3. The van der Waals surface area contributed by atoms with Crippen molar-refractivity contribution in [2.75, 3.05) is 12.0 Å². The standard InChI is InChI=1S/C27H22ClNO4/c1-15(2)16-4-6-17(7-5-16)24-23-25(30)21-14-18(28)8-13-22(21)33-26(23)27(31)29(24)19-9-11-20(32-3)12-10-19/h4-15,24H,1-3H3. The second kappa shape index (κ2) is 8.09. The van der Waals surface area contributed by atoms with E-state index in [1.54, 1.807) is 54.5 Å². The smallest absolute Gasteiger partial charge is 0.295 e. The predicted octanol–water partition coefficient (Wildman–Crippen LogP) is 6.33. The number of methoxy groups -OCH3 is 1. The Morgan fingerprint density at radius 3 is 2.30 bits per heavy atom. The van der Waals surface area contributed by atoms with Gasteiger partial charge in [0.05, 0.1) is 24.1 Å². The van der Waals surface area contributed by atoms with Gasteiger partial charge in [-0.15, -0.1) is 0 Å². The molecule has 0 fully saturated rings. The number of anilines is 1. The fourth-order valence-electron chi connectivity index (χ4n) is 4.33. The Morgan fingerprint density at radius 1 is 0.970 bits per heavy atom. The molecule has 1 aliphatic heterocycles. The van der Waals surface area contributed by atoms with Crippen LogP contribution >= 0.6 is 11.6 Å². The van der Waals surface area contributed by atoms with Crippen LogP contribution in [0.15, 0.2) is 75.9 Å². The molecule has 0 spiro atoms. The number of carbonyl (C=O) groups is 1. The molecule has 166 valence electrons. The van der Waals surface area contributed by atoms with E-state index in [-0.39, 0.29) is 17.1 Å². The Hall–Kier alpha value is -3.57. The van der Waals surface area contributed by atoms with Crippen LogP contribution in [0.4, 0.5) is 5.69 Å². The highest BCUT2D eigenvalue weighted by Crippen LogP contribution is 2.42. The molecule has 33 heavy (non-hydrogen) atoms. The molecule has 0 saturated carbocycles. The number of hydrogen-bond acceptors (Lipinski definition) is 4. The van der Waals surface area contributed by atoms with Crippen LogP contribution in [0.3, 0.4) is 0 Å². The van der Waals surface area contributed by atoms with Gasteiger partial charge in [0.15, 0.2) is 5.43 Å². The third-order valence-corrected chi connectivity index (χ3v) is 6.34. The van der Waals surface area contributed by atoms with Gasteiger partial charge in [-0.2, -0.15) is 0 Å². The van der Waals surface area contributed by atoms with Gasteiger partial charge in [0.1, 0.15) is 11.3 Å². The molecule has 3 aromatic carbocycles. The summed E-state index contributed by atoms with van der Waals surface area (Å²) in [6.07, 6.45) is 0. The summed E-state index contributed by atoms with van der Waals surface area (Å²) in [7, 11) is 1.59. The number of ether oxygens (including phenoxy) is 1. The number of benzene rings is 3. The van der Waals surface area contributed by atoms with Gasteiger partial charge in [0.2, 0.25) is 5.76 Å². The third-order valence-electron chi connectivity index (χ3n) is 6.10. The average molecular weight is 460 g/mol. The summed E-state index contributed by atoms with van der Waals surface area (Å²) in [6.45, 7) is 4.25. The van der Waals surface area contributed by atoms with Crippen molar-refractivity contribution in [3.8, 4) is 5.75 Å². The number of halogens is 1. The van der Waals surface area contributed by atoms with E-state index in [2.05, 4.69) is 13.8 Å². The number of rotatable bonds is 4. The first-order chi connectivity index (χ1) is 15.9. The first-order valence-corrected chi connectivity index (χ1v) is 11.1. The molecule has 5 rings (SSSR count). The van der Waals surface area contributed by atoms with Crippen molar-refractivity contribution in [3.05, 3.63) is 104 Å². The fourth-order valence-corrected chi connectivity index (χ4v) is 4.50. The first kappa shape index (κ1) is 21.3. The van der Waals surface area contributed by atoms with E-state index in [0.29, 0.717) is 38.9 Å². The van der Waals surface area contributed by atoms with Crippen LogP contribution in [0.2, 0.25) is 5.02 Å². The van der Waals surface area contributed by atoms with E-state index in [0.717, 1.165) is 5.56 Å². The van der Waals surface area contributed by atoms with Crippen LogP contribution in [-0.2, 0) is 0 Å².